The molecule has 2 rings (SSSR count). The molecule has 0 aromatic carbocycles. The summed E-state index contributed by atoms with van der Waals surface area (Å²) in [5.41, 5.74) is 5.35. The van der Waals surface area contributed by atoms with Crippen LogP contribution in [0.1, 0.15) is 19.8 Å². The van der Waals surface area contributed by atoms with Crippen LogP contribution in [0.2, 0.25) is 0 Å². The minimum absolute atomic E-state index is 0.0696. The van der Waals surface area contributed by atoms with Gasteiger partial charge in [-0.1, -0.05) is 0 Å². The van der Waals surface area contributed by atoms with Gasteiger partial charge in [0.25, 0.3) is 0 Å². The maximum Gasteiger partial charge on any atom is 0.217 e. The first kappa shape index (κ1) is 13.5. The molecule has 1 aromatic heterocycles. The zero-order valence-corrected chi connectivity index (χ0v) is 10.6. The fraction of sp³-hybridized carbons (Fsp3) is 0.500. The van der Waals surface area contributed by atoms with Gasteiger partial charge in [-0.2, -0.15) is 0 Å². The normalized spacial score (nSPS) is 16.5. The largest absolute Gasteiger partial charge is 0.381 e. The van der Waals surface area contributed by atoms with Crippen molar-refractivity contribution in [1.29, 1.82) is 0 Å². The lowest BCUT2D eigenvalue weighted by Gasteiger charge is -2.33. The van der Waals surface area contributed by atoms with E-state index in [0.29, 0.717) is 25.9 Å². The van der Waals surface area contributed by atoms with Gasteiger partial charge < -0.3 is 16.0 Å². The van der Waals surface area contributed by atoms with Crippen LogP contribution in [0.15, 0.2) is 6.07 Å². The standard InChI is InChI=1S/C12H16F2N4O/c1-7(19)16-8-2-4-18(5-3-8)12-10(14)6-9(13)11(15)17-12/h6,8H,2-5H2,1H3,(H2,15,17)(H,16,19). The smallest absolute Gasteiger partial charge is 0.217 e. The number of nitrogen functional groups attached to an aromatic ring is 1. The van der Waals surface area contributed by atoms with Crippen LogP contribution in [-0.2, 0) is 4.79 Å². The predicted octanol–water partition coefficient (Wildman–Crippen LogP) is 1.05. The van der Waals surface area contributed by atoms with Crippen LogP contribution in [0.4, 0.5) is 20.4 Å². The number of aromatic nitrogens is 1. The van der Waals surface area contributed by atoms with Crippen molar-refractivity contribution in [2.24, 2.45) is 0 Å². The zero-order chi connectivity index (χ0) is 14.0. The van der Waals surface area contributed by atoms with Crippen molar-refractivity contribution in [3.05, 3.63) is 17.7 Å². The molecule has 0 aliphatic carbocycles. The lowest BCUT2D eigenvalue weighted by atomic mass is 10.0. The summed E-state index contributed by atoms with van der Waals surface area (Å²) in [6.07, 6.45) is 1.38. The van der Waals surface area contributed by atoms with Crippen LogP contribution in [-0.4, -0.2) is 30.0 Å². The summed E-state index contributed by atoms with van der Waals surface area (Å²) in [7, 11) is 0. The fourth-order valence-corrected chi connectivity index (χ4v) is 2.22. The van der Waals surface area contributed by atoms with Crippen molar-refractivity contribution >= 4 is 17.5 Å². The second kappa shape index (κ2) is 5.38. The van der Waals surface area contributed by atoms with Crippen LogP contribution in [0, 0.1) is 11.6 Å². The highest BCUT2D eigenvalue weighted by Gasteiger charge is 2.23. The minimum atomic E-state index is -0.852. The molecule has 1 saturated heterocycles. The molecule has 0 spiro atoms. The summed E-state index contributed by atoms with van der Waals surface area (Å²) >= 11 is 0. The maximum atomic E-state index is 13.7. The third-order valence-corrected chi connectivity index (χ3v) is 3.14. The van der Waals surface area contributed by atoms with Gasteiger partial charge in [0.2, 0.25) is 5.91 Å². The number of pyridine rings is 1. The molecule has 3 N–H and O–H groups in total. The molecule has 7 heteroatoms. The van der Waals surface area contributed by atoms with Crippen LogP contribution < -0.4 is 16.0 Å². The molecule has 0 radical (unpaired) electrons. The monoisotopic (exact) mass is 270 g/mol. The number of hydrogen-bond acceptors (Lipinski definition) is 4. The van der Waals surface area contributed by atoms with Gasteiger partial charge in [0, 0.05) is 32.1 Å². The lowest BCUT2D eigenvalue weighted by molar-refractivity contribution is -0.119. The van der Waals surface area contributed by atoms with Crippen molar-refractivity contribution in [3.63, 3.8) is 0 Å². The summed E-state index contributed by atoms with van der Waals surface area (Å²) in [6.45, 7) is 2.55. The van der Waals surface area contributed by atoms with E-state index in [4.69, 9.17) is 5.73 Å². The molecule has 0 saturated carbocycles. The quantitative estimate of drug-likeness (QED) is 0.842. The third kappa shape index (κ3) is 3.10. The number of anilines is 2. The van der Waals surface area contributed by atoms with Gasteiger partial charge in [-0.25, -0.2) is 13.8 Å². The van der Waals surface area contributed by atoms with Gasteiger partial charge in [-0.3, -0.25) is 4.79 Å². The Morgan fingerprint density at radius 2 is 2.05 bits per heavy atom. The van der Waals surface area contributed by atoms with E-state index in [1.165, 1.54) is 6.92 Å². The van der Waals surface area contributed by atoms with Gasteiger partial charge in [-0.15, -0.1) is 0 Å². The Morgan fingerprint density at radius 1 is 1.42 bits per heavy atom. The number of nitrogens with two attached hydrogens (primary N) is 1. The molecule has 0 unspecified atom stereocenters. The van der Waals surface area contributed by atoms with Crippen molar-refractivity contribution in [3.8, 4) is 0 Å². The van der Waals surface area contributed by atoms with Crippen LogP contribution in [0.3, 0.4) is 0 Å². The number of amides is 1. The Morgan fingerprint density at radius 3 is 2.63 bits per heavy atom. The molecule has 1 fully saturated rings. The highest BCUT2D eigenvalue weighted by Crippen LogP contribution is 2.23. The van der Waals surface area contributed by atoms with Crippen LogP contribution in [0.25, 0.3) is 0 Å². The first-order valence-corrected chi connectivity index (χ1v) is 6.11. The molecule has 5 nitrogen and oxygen atoms in total. The molecular formula is C12H16F2N4O. The first-order valence-electron chi connectivity index (χ1n) is 6.11. The van der Waals surface area contributed by atoms with Gasteiger partial charge in [0.05, 0.1) is 0 Å². The Hall–Kier alpha value is -1.92. The molecule has 1 aliphatic rings. The van der Waals surface area contributed by atoms with Crippen LogP contribution in [0.5, 0.6) is 0 Å². The van der Waals surface area contributed by atoms with E-state index in [2.05, 4.69) is 10.3 Å². The fourth-order valence-electron chi connectivity index (χ4n) is 2.22. The van der Waals surface area contributed by atoms with Gasteiger partial charge in [0.1, 0.15) is 0 Å². The molecule has 19 heavy (non-hydrogen) atoms. The summed E-state index contributed by atoms with van der Waals surface area (Å²) in [5, 5.41) is 2.82. The van der Waals surface area contributed by atoms with Gasteiger partial charge in [0.15, 0.2) is 23.3 Å². The Kier molecular flexibility index (Phi) is 3.82. The summed E-state index contributed by atoms with van der Waals surface area (Å²) in [5.74, 6) is -1.88. The van der Waals surface area contributed by atoms with E-state index in [9.17, 15) is 13.6 Å². The van der Waals surface area contributed by atoms with Crippen molar-refractivity contribution in [1.82, 2.24) is 10.3 Å². The molecule has 0 bridgehead atoms. The van der Waals surface area contributed by atoms with Crippen molar-refractivity contribution in [2.75, 3.05) is 23.7 Å². The third-order valence-electron chi connectivity index (χ3n) is 3.14. The molecule has 1 aromatic rings. The lowest BCUT2D eigenvalue weighted by Crippen LogP contribution is -2.44. The zero-order valence-electron chi connectivity index (χ0n) is 10.6. The SMILES string of the molecule is CC(=O)NC1CCN(c2nc(N)c(F)cc2F)CC1. The molecule has 2 heterocycles. The average Bonchev–Trinajstić information content (AvgIpc) is 2.34. The number of rotatable bonds is 2. The number of hydrogen-bond donors (Lipinski definition) is 2. The molecule has 0 atom stereocenters. The Labute approximate surface area is 109 Å². The second-order valence-electron chi connectivity index (χ2n) is 4.62. The highest BCUT2D eigenvalue weighted by atomic mass is 19.1. The van der Waals surface area contributed by atoms with E-state index < -0.39 is 11.6 Å². The number of halogens is 2. The molecule has 1 amide bonds. The number of carbonyl (C=O) groups excluding carboxylic acids is 1. The van der Waals surface area contributed by atoms with E-state index in [1.54, 1.807) is 4.90 Å². The van der Waals surface area contributed by atoms with Crippen LogP contribution >= 0.6 is 0 Å². The summed E-state index contributed by atoms with van der Waals surface area (Å²) < 4.78 is 26.7. The number of piperidine rings is 1. The number of nitrogens with zero attached hydrogens (tertiary/aromatic N) is 2. The van der Waals surface area contributed by atoms with Gasteiger partial charge in [-0.05, 0) is 12.8 Å². The Balaban J connectivity index is 2.05. The predicted molar refractivity (Wildman–Crippen MR) is 67.6 cm³/mol. The average molecular weight is 270 g/mol. The number of nitrogens with one attached hydrogen (secondary N) is 1. The Bertz CT molecular complexity index is 487. The molecule has 1 aliphatic heterocycles. The van der Waals surface area contributed by atoms with Crippen molar-refractivity contribution < 1.29 is 13.6 Å². The highest BCUT2D eigenvalue weighted by molar-refractivity contribution is 5.73. The number of carbonyl (C=O) groups is 1. The summed E-state index contributed by atoms with van der Waals surface area (Å²) in [4.78, 5) is 16.4. The van der Waals surface area contributed by atoms with Gasteiger partial charge >= 0.3 is 0 Å². The summed E-state index contributed by atoms with van der Waals surface area (Å²) in [6, 6.07) is 0.840. The molecule has 104 valence electrons. The van der Waals surface area contributed by atoms with E-state index in [0.717, 1.165) is 6.07 Å². The second-order valence-corrected chi connectivity index (χ2v) is 4.62. The van der Waals surface area contributed by atoms with E-state index >= 15 is 0 Å². The van der Waals surface area contributed by atoms with E-state index in [1.807, 2.05) is 0 Å². The molecular weight excluding hydrogens is 254 g/mol. The van der Waals surface area contributed by atoms with Crippen molar-refractivity contribution in [2.45, 2.75) is 25.8 Å². The first-order chi connectivity index (χ1) is 8.97. The topological polar surface area (TPSA) is 71.2 Å². The maximum absolute atomic E-state index is 13.7. The minimum Gasteiger partial charge on any atom is -0.381 e. The van der Waals surface area contributed by atoms with E-state index in [-0.39, 0.29) is 23.6 Å².